The van der Waals surface area contributed by atoms with Gasteiger partial charge in [0.2, 0.25) is 0 Å². The minimum absolute atomic E-state index is 0.328. The number of hydrogen-bond donors (Lipinski definition) is 1. The molecule has 0 bridgehead atoms. The van der Waals surface area contributed by atoms with E-state index in [1.165, 1.54) is 25.7 Å². The van der Waals surface area contributed by atoms with Crippen molar-refractivity contribution in [3.63, 3.8) is 0 Å². The Morgan fingerprint density at radius 1 is 1.41 bits per heavy atom. The van der Waals surface area contributed by atoms with Gasteiger partial charge >= 0.3 is 0 Å². The first-order valence-corrected chi connectivity index (χ1v) is 6.82. The van der Waals surface area contributed by atoms with Gasteiger partial charge in [0.15, 0.2) is 0 Å². The third-order valence-electron chi connectivity index (χ3n) is 3.43. The predicted octanol–water partition coefficient (Wildman–Crippen LogP) is 2.86. The van der Waals surface area contributed by atoms with Crippen LogP contribution in [0.3, 0.4) is 0 Å². The van der Waals surface area contributed by atoms with E-state index in [0.29, 0.717) is 12.6 Å². The summed E-state index contributed by atoms with van der Waals surface area (Å²) in [6, 6.07) is 2.68. The highest BCUT2D eigenvalue weighted by Gasteiger charge is 2.24. The lowest BCUT2D eigenvalue weighted by Crippen LogP contribution is -2.45. The van der Waals surface area contributed by atoms with Crippen molar-refractivity contribution in [3.05, 3.63) is 0 Å². The SMILES string of the molecule is CC(C)NC(C)(C#N)CCOCC1CCCC1. The normalized spacial score (nSPS) is 20.4. The van der Waals surface area contributed by atoms with Gasteiger partial charge in [-0.1, -0.05) is 12.8 Å². The Kier molecular flexibility index (Phi) is 5.94. The highest BCUT2D eigenvalue weighted by molar-refractivity contribution is 5.04. The summed E-state index contributed by atoms with van der Waals surface area (Å²) in [5.41, 5.74) is -0.455. The zero-order valence-corrected chi connectivity index (χ0v) is 11.5. The number of nitrogens with one attached hydrogen (secondary N) is 1. The maximum Gasteiger partial charge on any atom is 0.106 e. The summed E-state index contributed by atoms with van der Waals surface area (Å²) >= 11 is 0. The van der Waals surface area contributed by atoms with Crippen LogP contribution in [-0.4, -0.2) is 24.8 Å². The maximum absolute atomic E-state index is 9.18. The fourth-order valence-corrected chi connectivity index (χ4v) is 2.50. The molecule has 1 fully saturated rings. The van der Waals surface area contributed by atoms with E-state index in [2.05, 4.69) is 25.2 Å². The molecule has 0 aromatic rings. The van der Waals surface area contributed by atoms with Crippen LogP contribution < -0.4 is 5.32 Å². The Hall–Kier alpha value is -0.590. The summed E-state index contributed by atoms with van der Waals surface area (Å²) in [5, 5.41) is 12.5. The van der Waals surface area contributed by atoms with Crippen LogP contribution in [0.5, 0.6) is 0 Å². The quantitative estimate of drug-likeness (QED) is 0.694. The molecule has 0 aliphatic heterocycles. The fraction of sp³-hybridized carbons (Fsp3) is 0.929. The van der Waals surface area contributed by atoms with E-state index in [1.807, 2.05) is 6.92 Å². The number of ether oxygens (including phenoxy) is 1. The van der Waals surface area contributed by atoms with E-state index in [4.69, 9.17) is 4.74 Å². The summed E-state index contributed by atoms with van der Waals surface area (Å²) in [6.45, 7) is 7.64. The van der Waals surface area contributed by atoms with Gasteiger partial charge in [-0.2, -0.15) is 5.26 Å². The summed E-state index contributed by atoms with van der Waals surface area (Å²) < 4.78 is 5.71. The van der Waals surface area contributed by atoms with E-state index in [0.717, 1.165) is 18.9 Å². The predicted molar refractivity (Wildman–Crippen MR) is 69.7 cm³/mol. The Morgan fingerprint density at radius 2 is 2.06 bits per heavy atom. The molecule has 0 aromatic heterocycles. The second-order valence-corrected chi connectivity index (χ2v) is 5.72. The second kappa shape index (κ2) is 6.98. The molecule has 98 valence electrons. The molecule has 0 heterocycles. The van der Waals surface area contributed by atoms with Crippen molar-refractivity contribution in [2.24, 2.45) is 5.92 Å². The molecule has 1 aliphatic carbocycles. The molecule has 0 saturated heterocycles. The van der Waals surface area contributed by atoms with Crippen LogP contribution in [0.2, 0.25) is 0 Å². The van der Waals surface area contributed by atoms with E-state index in [1.54, 1.807) is 0 Å². The van der Waals surface area contributed by atoms with Crippen LogP contribution in [-0.2, 0) is 4.74 Å². The Labute approximate surface area is 106 Å². The number of rotatable bonds is 7. The molecule has 1 rings (SSSR count). The summed E-state index contributed by atoms with van der Waals surface area (Å²) in [4.78, 5) is 0. The van der Waals surface area contributed by atoms with Gasteiger partial charge in [-0.3, -0.25) is 5.32 Å². The molecule has 1 unspecified atom stereocenters. The van der Waals surface area contributed by atoms with Gasteiger partial charge in [-0.15, -0.1) is 0 Å². The fourth-order valence-electron chi connectivity index (χ4n) is 2.50. The lowest BCUT2D eigenvalue weighted by Gasteiger charge is -2.26. The minimum Gasteiger partial charge on any atom is -0.381 e. The first kappa shape index (κ1) is 14.5. The summed E-state index contributed by atoms with van der Waals surface area (Å²) in [6.07, 6.45) is 6.12. The van der Waals surface area contributed by atoms with Crippen LogP contribution in [0.1, 0.15) is 52.9 Å². The molecule has 17 heavy (non-hydrogen) atoms. The lowest BCUT2D eigenvalue weighted by molar-refractivity contribution is 0.0881. The minimum atomic E-state index is -0.455. The van der Waals surface area contributed by atoms with Gasteiger partial charge in [-0.25, -0.2) is 0 Å². The third-order valence-corrected chi connectivity index (χ3v) is 3.43. The first-order valence-electron chi connectivity index (χ1n) is 6.82. The second-order valence-electron chi connectivity index (χ2n) is 5.72. The molecule has 1 N–H and O–H groups in total. The lowest BCUT2D eigenvalue weighted by atomic mass is 9.99. The average molecular weight is 238 g/mol. The van der Waals surface area contributed by atoms with Crippen LogP contribution in [0.15, 0.2) is 0 Å². The molecule has 3 heteroatoms. The molecule has 0 spiro atoms. The number of nitrogens with zero attached hydrogens (tertiary/aromatic N) is 1. The molecule has 0 radical (unpaired) electrons. The van der Waals surface area contributed by atoms with Crippen LogP contribution in [0.25, 0.3) is 0 Å². The van der Waals surface area contributed by atoms with Crippen molar-refractivity contribution in [1.29, 1.82) is 5.26 Å². The van der Waals surface area contributed by atoms with Gasteiger partial charge < -0.3 is 4.74 Å². The van der Waals surface area contributed by atoms with Gasteiger partial charge in [-0.05, 0) is 39.5 Å². The Balaban J connectivity index is 2.16. The molecule has 1 aliphatic rings. The molecule has 1 atom stereocenters. The van der Waals surface area contributed by atoms with Crippen molar-refractivity contribution in [1.82, 2.24) is 5.32 Å². The first-order chi connectivity index (χ1) is 8.06. The summed E-state index contributed by atoms with van der Waals surface area (Å²) in [7, 11) is 0. The third kappa shape index (κ3) is 5.52. The van der Waals surface area contributed by atoms with Crippen molar-refractivity contribution in [2.75, 3.05) is 13.2 Å². The van der Waals surface area contributed by atoms with E-state index in [9.17, 15) is 5.26 Å². The van der Waals surface area contributed by atoms with Crippen molar-refractivity contribution < 1.29 is 4.74 Å². The molecule has 0 aromatic carbocycles. The smallest absolute Gasteiger partial charge is 0.106 e. The highest BCUT2D eigenvalue weighted by Crippen LogP contribution is 2.24. The monoisotopic (exact) mass is 238 g/mol. The van der Waals surface area contributed by atoms with Gasteiger partial charge in [0.05, 0.1) is 6.07 Å². The Morgan fingerprint density at radius 3 is 2.59 bits per heavy atom. The largest absolute Gasteiger partial charge is 0.381 e. The molecule has 1 saturated carbocycles. The number of hydrogen-bond acceptors (Lipinski definition) is 3. The average Bonchev–Trinajstić information content (AvgIpc) is 2.76. The summed E-state index contributed by atoms with van der Waals surface area (Å²) in [5.74, 6) is 0.765. The van der Waals surface area contributed by atoms with Gasteiger partial charge in [0, 0.05) is 25.7 Å². The van der Waals surface area contributed by atoms with Crippen molar-refractivity contribution in [3.8, 4) is 6.07 Å². The van der Waals surface area contributed by atoms with E-state index < -0.39 is 5.54 Å². The number of nitriles is 1. The zero-order valence-electron chi connectivity index (χ0n) is 11.5. The van der Waals surface area contributed by atoms with Crippen LogP contribution >= 0.6 is 0 Å². The van der Waals surface area contributed by atoms with E-state index in [-0.39, 0.29) is 0 Å². The maximum atomic E-state index is 9.18. The van der Waals surface area contributed by atoms with Gasteiger partial charge in [0.1, 0.15) is 5.54 Å². The molecule has 3 nitrogen and oxygen atoms in total. The zero-order chi connectivity index (χ0) is 12.7. The highest BCUT2D eigenvalue weighted by atomic mass is 16.5. The van der Waals surface area contributed by atoms with Crippen LogP contribution in [0.4, 0.5) is 0 Å². The molecular formula is C14H26N2O. The van der Waals surface area contributed by atoms with E-state index >= 15 is 0 Å². The Bertz CT molecular complexity index is 253. The van der Waals surface area contributed by atoms with Crippen LogP contribution in [0, 0.1) is 17.2 Å². The molecule has 0 amide bonds. The van der Waals surface area contributed by atoms with Gasteiger partial charge in [0.25, 0.3) is 0 Å². The molecular weight excluding hydrogens is 212 g/mol. The topological polar surface area (TPSA) is 45.0 Å². The van der Waals surface area contributed by atoms with Crippen molar-refractivity contribution in [2.45, 2.75) is 64.5 Å². The standard InChI is InChI=1S/C14H26N2O/c1-12(2)16-14(3,11-15)8-9-17-10-13-6-4-5-7-13/h12-13,16H,4-10H2,1-3H3. The van der Waals surface area contributed by atoms with Crippen molar-refractivity contribution >= 4 is 0 Å².